The summed E-state index contributed by atoms with van der Waals surface area (Å²) < 4.78 is 0. The van der Waals surface area contributed by atoms with E-state index < -0.39 is 17.9 Å². The van der Waals surface area contributed by atoms with Crippen LogP contribution >= 0.6 is 0 Å². The topological polar surface area (TPSA) is 106 Å². The van der Waals surface area contributed by atoms with Gasteiger partial charge in [0.15, 0.2) is 0 Å². The minimum Gasteiger partial charge on any atom is -0.480 e. The van der Waals surface area contributed by atoms with E-state index in [1.165, 1.54) is 0 Å². The summed E-state index contributed by atoms with van der Waals surface area (Å²) in [6, 6.07) is 5.87. The first-order chi connectivity index (χ1) is 7.50. The summed E-state index contributed by atoms with van der Waals surface area (Å²) in [5.74, 6) is -1.48. The third-order valence-corrected chi connectivity index (χ3v) is 2.30. The normalized spacial score (nSPS) is 12.1. The Hall–Kier alpha value is -1.88. The summed E-state index contributed by atoms with van der Waals surface area (Å²) in [6.07, 6.45) is 0.928. The molecule has 0 aliphatic heterocycles. The van der Waals surface area contributed by atoms with Gasteiger partial charge < -0.3 is 16.6 Å². The lowest BCUT2D eigenvalue weighted by atomic mass is 10.0. The first kappa shape index (κ1) is 12.2. The van der Waals surface area contributed by atoms with Crippen LogP contribution in [0.3, 0.4) is 0 Å². The fourth-order valence-electron chi connectivity index (χ4n) is 1.28. The van der Waals surface area contributed by atoms with Gasteiger partial charge in [0.1, 0.15) is 6.04 Å². The number of carbonyl (C=O) groups excluding carboxylic acids is 1. The maximum absolute atomic E-state index is 10.8. The fraction of sp³-hybridized carbons (Fsp3) is 0.273. The van der Waals surface area contributed by atoms with Crippen LogP contribution in [0.5, 0.6) is 0 Å². The molecular formula is C11H14N2O3. The fourth-order valence-corrected chi connectivity index (χ4v) is 1.28. The zero-order valence-electron chi connectivity index (χ0n) is 8.72. The number of nitrogens with two attached hydrogens (primary N) is 2. The average Bonchev–Trinajstić information content (AvgIpc) is 2.26. The van der Waals surface area contributed by atoms with Gasteiger partial charge in [-0.15, -0.1) is 0 Å². The van der Waals surface area contributed by atoms with Crippen LogP contribution < -0.4 is 11.5 Å². The lowest BCUT2D eigenvalue weighted by Gasteiger charge is -2.06. The Labute approximate surface area is 93.1 Å². The van der Waals surface area contributed by atoms with Crippen LogP contribution in [-0.2, 0) is 11.2 Å². The SMILES string of the molecule is NC(=O)c1ccc(CC[C@H](N)C(=O)O)cc1. The number of amides is 1. The van der Waals surface area contributed by atoms with Gasteiger partial charge in [-0.05, 0) is 30.5 Å². The Morgan fingerprint density at radius 3 is 2.25 bits per heavy atom. The van der Waals surface area contributed by atoms with E-state index >= 15 is 0 Å². The maximum Gasteiger partial charge on any atom is 0.320 e. The van der Waals surface area contributed by atoms with E-state index in [2.05, 4.69) is 0 Å². The van der Waals surface area contributed by atoms with E-state index in [9.17, 15) is 9.59 Å². The molecule has 0 saturated heterocycles. The molecule has 0 heterocycles. The zero-order valence-corrected chi connectivity index (χ0v) is 8.72. The number of benzene rings is 1. The molecule has 0 aliphatic rings. The molecule has 1 amide bonds. The standard InChI is InChI=1S/C11H14N2O3/c12-9(11(15)16)6-3-7-1-4-8(5-2-7)10(13)14/h1-2,4-5,9H,3,6,12H2,(H2,13,14)(H,15,16)/t9-/m0/s1. The Kier molecular flexibility index (Phi) is 4.02. The van der Waals surface area contributed by atoms with Crippen molar-refractivity contribution in [2.45, 2.75) is 18.9 Å². The van der Waals surface area contributed by atoms with Crippen molar-refractivity contribution in [1.82, 2.24) is 0 Å². The van der Waals surface area contributed by atoms with Crippen LogP contribution in [0.25, 0.3) is 0 Å². The molecular weight excluding hydrogens is 208 g/mol. The third kappa shape index (κ3) is 3.36. The van der Waals surface area contributed by atoms with E-state index in [1.807, 2.05) is 0 Å². The largest absolute Gasteiger partial charge is 0.480 e. The predicted molar refractivity (Wildman–Crippen MR) is 58.9 cm³/mol. The van der Waals surface area contributed by atoms with Gasteiger partial charge in [0.25, 0.3) is 0 Å². The molecule has 0 radical (unpaired) electrons. The maximum atomic E-state index is 10.8. The lowest BCUT2D eigenvalue weighted by molar-refractivity contribution is -0.138. The van der Waals surface area contributed by atoms with E-state index in [1.54, 1.807) is 24.3 Å². The van der Waals surface area contributed by atoms with Crippen LogP contribution in [0.15, 0.2) is 24.3 Å². The van der Waals surface area contributed by atoms with Crippen LogP contribution in [0, 0.1) is 0 Å². The molecule has 0 unspecified atom stereocenters. The Morgan fingerprint density at radius 2 is 1.81 bits per heavy atom. The minimum atomic E-state index is -1.01. The molecule has 5 N–H and O–H groups in total. The first-order valence-corrected chi connectivity index (χ1v) is 4.88. The molecule has 0 spiro atoms. The second-order valence-corrected chi connectivity index (χ2v) is 3.54. The number of rotatable bonds is 5. The van der Waals surface area contributed by atoms with E-state index in [4.69, 9.17) is 16.6 Å². The molecule has 5 nitrogen and oxygen atoms in total. The van der Waals surface area contributed by atoms with Gasteiger partial charge in [-0.2, -0.15) is 0 Å². The monoisotopic (exact) mass is 222 g/mol. The number of aryl methyl sites for hydroxylation is 1. The highest BCUT2D eigenvalue weighted by molar-refractivity contribution is 5.92. The van der Waals surface area contributed by atoms with E-state index in [0.717, 1.165) is 5.56 Å². The minimum absolute atomic E-state index is 0.366. The van der Waals surface area contributed by atoms with Crippen molar-refractivity contribution >= 4 is 11.9 Å². The molecule has 0 aliphatic carbocycles. The number of carboxylic acid groups (broad SMARTS) is 1. The lowest BCUT2D eigenvalue weighted by Crippen LogP contribution is -2.30. The van der Waals surface area contributed by atoms with Crippen molar-refractivity contribution in [3.05, 3.63) is 35.4 Å². The number of primary amides is 1. The number of hydrogen-bond donors (Lipinski definition) is 3. The molecule has 0 saturated carbocycles. The highest BCUT2D eigenvalue weighted by Crippen LogP contribution is 2.07. The molecule has 1 atom stereocenters. The summed E-state index contributed by atoms with van der Waals surface area (Å²) in [5, 5.41) is 8.59. The Morgan fingerprint density at radius 1 is 1.25 bits per heavy atom. The van der Waals surface area contributed by atoms with Crippen molar-refractivity contribution in [3.8, 4) is 0 Å². The van der Waals surface area contributed by atoms with Gasteiger partial charge in [0.2, 0.25) is 5.91 Å². The quantitative estimate of drug-likeness (QED) is 0.658. The first-order valence-electron chi connectivity index (χ1n) is 4.88. The van der Waals surface area contributed by atoms with Crippen molar-refractivity contribution in [1.29, 1.82) is 0 Å². The van der Waals surface area contributed by atoms with Gasteiger partial charge in [-0.25, -0.2) is 0 Å². The van der Waals surface area contributed by atoms with E-state index in [-0.39, 0.29) is 0 Å². The highest BCUT2D eigenvalue weighted by atomic mass is 16.4. The Balaban J connectivity index is 2.56. The van der Waals surface area contributed by atoms with Gasteiger partial charge in [0, 0.05) is 5.56 Å². The van der Waals surface area contributed by atoms with E-state index in [0.29, 0.717) is 18.4 Å². The number of carboxylic acids is 1. The van der Waals surface area contributed by atoms with Crippen LogP contribution in [0.4, 0.5) is 0 Å². The number of aliphatic carboxylic acids is 1. The average molecular weight is 222 g/mol. The molecule has 1 rings (SSSR count). The summed E-state index contributed by atoms with van der Waals surface area (Å²) in [5.41, 5.74) is 11.8. The summed E-state index contributed by atoms with van der Waals surface area (Å²) >= 11 is 0. The molecule has 5 heteroatoms. The second-order valence-electron chi connectivity index (χ2n) is 3.54. The summed E-state index contributed by atoms with van der Waals surface area (Å²) in [6.45, 7) is 0. The van der Waals surface area contributed by atoms with Crippen molar-refractivity contribution < 1.29 is 14.7 Å². The number of hydrogen-bond acceptors (Lipinski definition) is 3. The van der Waals surface area contributed by atoms with Crippen LogP contribution in [-0.4, -0.2) is 23.0 Å². The van der Waals surface area contributed by atoms with Crippen molar-refractivity contribution in [2.75, 3.05) is 0 Å². The van der Waals surface area contributed by atoms with Gasteiger partial charge >= 0.3 is 5.97 Å². The van der Waals surface area contributed by atoms with Crippen molar-refractivity contribution in [2.24, 2.45) is 11.5 Å². The highest BCUT2D eigenvalue weighted by Gasteiger charge is 2.10. The smallest absolute Gasteiger partial charge is 0.320 e. The molecule has 16 heavy (non-hydrogen) atoms. The second kappa shape index (κ2) is 5.27. The van der Waals surface area contributed by atoms with Crippen LogP contribution in [0.1, 0.15) is 22.3 Å². The third-order valence-electron chi connectivity index (χ3n) is 2.30. The van der Waals surface area contributed by atoms with Gasteiger partial charge in [-0.1, -0.05) is 12.1 Å². The Bertz CT molecular complexity index is 387. The molecule has 1 aromatic rings. The summed E-state index contributed by atoms with van der Waals surface area (Å²) in [7, 11) is 0. The van der Waals surface area contributed by atoms with Crippen molar-refractivity contribution in [3.63, 3.8) is 0 Å². The van der Waals surface area contributed by atoms with Gasteiger partial charge in [-0.3, -0.25) is 9.59 Å². The van der Waals surface area contributed by atoms with Crippen LogP contribution in [0.2, 0.25) is 0 Å². The zero-order chi connectivity index (χ0) is 12.1. The number of carbonyl (C=O) groups is 2. The molecule has 1 aromatic carbocycles. The molecule has 0 aromatic heterocycles. The molecule has 0 bridgehead atoms. The molecule has 86 valence electrons. The molecule has 0 fully saturated rings. The summed E-state index contributed by atoms with van der Waals surface area (Å²) in [4.78, 5) is 21.3. The van der Waals surface area contributed by atoms with Gasteiger partial charge in [0.05, 0.1) is 0 Å². The predicted octanol–water partition coefficient (Wildman–Crippen LogP) is 0.130.